The quantitative estimate of drug-likeness (QED) is 0.103. The Kier molecular flexibility index (Phi) is 22.5. The molecule has 6 unspecified atom stereocenters. The van der Waals surface area contributed by atoms with E-state index in [1.807, 2.05) is 0 Å². The van der Waals surface area contributed by atoms with Crippen molar-refractivity contribution in [3.8, 4) is 0 Å². The molecule has 0 aromatic rings. The summed E-state index contributed by atoms with van der Waals surface area (Å²) in [6, 6.07) is 0. The number of ether oxygens (including phenoxy) is 6. The molecule has 0 heterocycles. The first kappa shape index (κ1) is 55.8. The van der Waals surface area contributed by atoms with Crippen molar-refractivity contribution in [2.45, 2.75) is 178 Å². The van der Waals surface area contributed by atoms with Crippen LogP contribution in [-0.4, -0.2) is 78.3 Å². The van der Waals surface area contributed by atoms with Crippen LogP contribution in [0.1, 0.15) is 173 Å². The van der Waals surface area contributed by atoms with Crippen molar-refractivity contribution in [1.82, 2.24) is 0 Å². The summed E-state index contributed by atoms with van der Waals surface area (Å²) < 4.78 is 38.8. The summed E-state index contributed by atoms with van der Waals surface area (Å²) in [5.41, 5.74) is 0.681. The average molecular weight is 799 g/mol. The van der Waals surface area contributed by atoms with Crippen molar-refractivity contribution >= 4 is 0 Å². The fraction of sp³-hybridized carbons (Fsp3) is 1.00. The maximum Gasteiger partial charge on any atom is 0.0598 e. The highest BCUT2D eigenvalue weighted by Gasteiger charge is 2.34. The topological polar surface area (TPSA) is 55.4 Å². The lowest BCUT2D eigenvalue weighted by Crippen LogP contribution is -2.37. The van der Waals surface area contributed by atoms with E-state index in [1.165, 1.54) is 0 Å². The first-order valence-electron chi connectivity index (χ1n) is 22.4. The molecule has 0 aliphatic carbocycles. The molecule has 0 fully saturated rings. The largest absolute Gasteiger partial charge is 0.381 e. The van der Waals surface area contributed by atoms with Crippen molar-refractivity contribution in [3.05, 3.63) is 0 Å². The molecule has 0 aromatic heterocycles. The zero-order chi connectivity index (χ0) is 44.2. The van der Waals surface area contributed by atoms with Crippen LogP contribution in [-0.2, 0) is 28.4 Å². The minimum atomic E-state index is -0.159. The summed E-state index contributed by atoms with van der Waals surface area (Å²) in [6.07, 6.45) is 1.15. The highest BCUT2D eigenvalue weighted by molar-refractivity contribution is 4.82. The Morgan fingerprint density at radius 2 is 0.429 bits per heavy atom. The highest BCUT2D eigenvalue weighted by atomic mass is 16.5. The van der Waals surface area contributed by atoms with Crippen LogP contribution in [0.4, 0.5) is 0 Å². The second kappa shape index (κ2) is 22.6. The third-order valence-corrected chi connectivity index (χ3v) is 12.1. The Morgan fingerprint density at radius 1 is 0.250 bits per heavy atom. The molecular formula is C50H102O6. The molecule has 0 aliphatic heterocycles. The molecule has 0 spiro atoms. The van der Waals surface area contributed by atoms with Gasteiger partial charge in [0.1, 0.15) is 0 Å². The number of hydrogen-bond acceptors (Lipinski definition) is 6. The highest BCUT2D eigenvalue weighted by Crippen LogP contribution is 2.37. The van der Waals surface area contributed by atoms with Crippen LogP contribution in [0.5, 0.6) is 0 Å². The molecule has 0 aliphatic rings. The first-order chi connectivity index (χ1) is 24.8. The SMILES string of the molecule is CC(C)(C)CC(COCC(COCC(COCC(COCC(COCC(COC(C)(C)C)C(C)(C)C)C(C)(C)C)C(C)(C)C)C(C)(C)C)C(C)(C)C)C(C)(C)C. The molecule has 0 saturated heterocycles. The molecule has 6 heteroatoms. The smallest absolute Gasteiger partial charge is 0.0598 e. The van der Waals surface area contributed by atoms with Gasteiger partial charge in [0, 0.05) is 36.2 Å². The molecule has 0 saturated carbocycles. The number of rotatable bonds is 23. The van der Waals surface area contributed by atoms with E-state index in [-0.39, 0.29) is 61.3 Å². The van der Waals surface area contributed by atoms with E-state index in [0.29, 0.717) is 77.2 Å². The van der Waals surface area contributed by atoms with Gasteiger partial charge in [0.05, 0.1) is 71.7 Å². The zero-order valence-electron chi connectivity index (χ0n) is 42.4. The fourth-order valence-corrected chi connectivity index (χ4v) is 6.21. The van der Waals surface area contributed by atoms with Crippen LogP contribution in [0.2, 0.25) is 0 Å². The Morgan fingerprint density at radius 3 is 0.589 bits per heavy atom. The molecule has 6 nitrogen and oxygen atoms in total. The average Bonchev–Trinajstić information content (AvgIpc) is 2.93. The molecule has 6 atom stereocenters. The van der Waals surface area contributed by atoms with Crippen LogP contribution in [0.25, 0.3) is 0 Å². The predicted octanol–water partition coefficient (Wildman–Crippen LogP) is 13.3. The van der Waals surface area contributed by atoms with Crippen molar-refractivity contribution in [3.63, 3.8) is 0 Å². The van der Waals surface area contributed by atoms with Gasteiger partial charge in [-0.25, -0.2) is 0 Å². The van der Waals surface area contributed by atoms with Crippen LogP contribution < -0.4 is 0 Å². The van der Waals surface area contributed by atoms with Gasteiger partial charge in [-0.15, -0.1) is 0 Å². The van der Waals surface area contributed by atoms with E-state index in [4.69, 9.17) is 28.4 Å². The maximum atomic E-state index is 6.57. The lowest BCUT2D eigenvalue weighted by atomic mass is 9.72. The normalized spacial score (nSPS) is 17.8. The van der Waals surface area contributed by atoms with Crippen LogP contribution in [0.3, 0.4) is 0 Å². The zero-order valence-corrected chi connectivity index (χ0v) is 42.4. The molecular weight excluding hydrogens is 697 g/mol. The van der Waals surface area contributed by atoms with E-state index in [9.17, 15) is 0 Å². The van der Waals surface area contributed by atoms with Gasteiger partial charge in [-0.3, -0.25) is 0 Å². The lowest BCUT2D eigenvalue weighted by Gasteiger charge is -2.37. The maximum absolute atomic E-state index is 6.57. The third-order valence-electron chi connectivity index (χ3n) is 12.1. The molecule has 0 amide bonds. The van der Waals surface area contributed by atoms with Gasteiger partial charge in [0.2, 0.25) is 0 Å². The Hall–Kier alpha value is -0.240. The van der Waals surface area contributed by atoms with E-state index in [0.717, 1.165) is 19.6 Å². The second-order valence-electron chi connectivity index (χ2n) is 26.3. The summed E-state index contributed by atoms with van der Waals surface area (Å²) >= 11 is 0. The fourth-order valence-electron chi connectivity index (χ4n) is 6.21. The molecule has 0 rings (SSSR count). The summed E-state index contributed by atoms with van der Waals surface area (Å²) in [5, 5.41) is 0. The van der Waals surface area contributed by atoms with Gasteiger partial charge in [-0.1, -0.05) is 145 Å². The van der Waals surface area contributed by atoms with E-state index >= 15 is 0 Å². The summed E-state index contributed by atoms with van der Waals surface area (Å²) in [5.74, 6) is 1.96. The molecule has 0 radical (unpaired) electrons. The van der Waals surface area contributed by atoms with Crippen molar-refractivity contribution in [2.24, 2.45) is 73.4 Å². The van der Waals surface area contributed by atoms with Crippen molar-refractivity contribution in [2.75, 3.05) is 72.7 Å². The monoisotopic (exact) mass is 799 g/mol. The predicted molar refractivity (Wildman–Crippen MR) is 242 cm³/mol. The van der Waals surface area contributed by atoms with Gasteiger partial charge >= 0.3 is 0 Å². The summed E-state index contributed by atoms with van der Waals surface area (Å²) in [7, 11) is 0. The van der Waals surface area contributed by atoms with Gasteiger partial charge in [-0.05, 0) is 71.0 Å². The van der Waals surface area contributed by atoms with Crippen molar-refractivity contribution < 1.29 is 28.4 Å². The van der Waals surface area contributed by atoms with Gasteiger partial charge in [-0.2, -0.15) is 0 Å². The third kappa shape index (κ3) is 25.4. The molecule has 338 valence electrons. The van der Waals surface area contributed by atoms with Crippen LogP contribution in [0, 0.1) is 73.4 Å². The Balaban J connectivity index is 5.34. The number of hydrogen-bond donors (Lipinski definition) is 0. The van der Waals surface area contributed by atoms with Crippen LogP contribution >= 0.6 is 0 Å². The second-order valence-corrected chi connectivity index (χ2v) is 26.3. The van der Waals surface area contributed by atoms with E-state index in [1.54, 1.807) is 0 Å². The molecule has 0 aromatic carbocycles. The molecule has 0 N–H and O–H groups in total. The van der Waals surface area contributed by atoms with Crippen LogP contribution in [0.15, 0.2) is 0 Å². The van der Waals surface area contributed by atoms with Gasteiger partial charge < -0.3 is 28.4 Å². The van der Waals surface area contributed by atoms with Gasteiger partial charge in [0.15, 0.2) is 0 Å². The van der Waals surface area contributed by atoms with E-state index < -0.39 is 0 Å². The minimum absolute atomic E-state index is 0.0489. The standard InChI is InChI=1S/C50H102O6/c1-43(2,3)25-37(44(4,5)6)26-51-27-38(45(7,8)9)28-52-29-39(46(10,11)12)30-53-31-40(47(13,14)15)32-54-33-41(48(16,17)18)34-55-35-42(49(19,20)21)36-56-50(22,23)24/h37-42H,25-36H2,1-24H3. The van der Waals surface area contributed by atoms with Gasteiger partial charge in [0.25, 0.3) is 0 Å². The Bertz CT molecular complexity index is 1030. The minimum Gasteiger partial charge on any atom is -0.381 e. The lowest BCUT2D eigenvalue weighted by molar-refractivity contribution is -0.0816. The first-order valence-corrected chi connectivity index (χ1v) is 22.4. The summed E-state index contributed by atoms with van der Waals surface area (Å²) in [6.45, 7) is 62.4. The molecule has 0 bridgehead atoms. The molecule has 56 heavy (non-hydrogen) atoms. The van der Waals surface area contributed by atoms with E-state index in [2.05, 4.69) is 166 Å². The van der Waals surface area contributed by atoms with Crippen molar-refractivity contribution in [1.29, 1.82) is 0 Å². The Labute approximate surface area is 351 Å². The summed E-state index contributed by atoms with van der Waals surface area (Å²) in [4.78, 5) is 0.